The maximum Gasteiger partial charge on any atom is 0.282 e. The highest BCUT2D eigenvalue weighted by Crippen LogP contribution is 2.31. The lowest BCUT2D eigenvalue weighted by molar-refractivity contribution is -0.114. The number of carbonyl (C=O) groups excluding carboxylic acids is 1. The van der Waals surface area contributed by atoms with Gasteiger partial charge in [-0.2, -0.15) is 10.1 Å². The lowest BCUT2D eigenvalue weighted by Crippen LogP contribution is -2.21. The molecule has 3 aromatic rings. The summed E-state index contributed by atoms with van der Waals surface area (Å²) in [5.74, 6) is 0.221. The van der Waals surface area contributed by atoms with Crippen LogP contribution in [0.25, 0.3) is 17.3 Å². The fourth-order valence-electron chi connectivity index (χ4n) is 2.80. The van der Waals surface area contributed by atoms with E-state index in [0.717, 1.165) is 16.9 Å². The number of benzene rings is 2. The Labute approximate surface area is 165 Å². The molecule has 0 saturated heterocycles. The molecule has 140 valence electrons. The molecule has 0 bridgehead atoms. The van der Waals surface area contributed by atoms with Crippen molar-refractivity contribution in [1.29, 1.82) is 0 Å². The monoisotopic (exact) mass is 393 g/mol. The SMILES string of the molecule is COc1ccc(C=C2C(=O)N(c3nc(-c4ccc(F)cc4)cs3)N=C2C)cc1. The highest BCUT2D eigenvalue weighted by atomic mass is 32.1. The first-order chi connectivity index (χ1) is 13.5. The molecule has 28 heavy (non-hydrogen) atoms. The van der Waals surface area contributed by atoms with Gasteiger partial charge in [0, 0.05) is 10.9 Å². The van der Waals surface area contributed by atoms with Gasteiger partial charge in [-0.05, 0) is 55.0 Å². The predicted octanol–water partition coefficient (Wildman–Crippen LogP) is 4.76. The average molecular weight is 393 g/mol. The Kier molecular flexibility index (Phi) is 4.75. The number of thiazole rings is 1. The number of carbonyl (C=O) groups is 1. The molecule has 0 unspecified atom stereocenters. The van der Waals surface area contributed by atoms with E-state index < -0.39 is 0 Å². The van der Waals surface area contributed by atoms with Crippen LogP contribution in [0.3, 0.4) is 0 Å². The smallest absolute Gasteiger partial charge is 0.282 e. The zero-order valence-electron chi connectivity index (χ0n) is 15.2. The van der Waals surface area contributed by atoms with Gasteiger partial charge in [-0.25, -0.2) is 9.37 Å². The van der Waals surface area contributed by atoms with E-state index in [2.05, 4.69) is 10.1 Å². The van der Waals surface area contributed by atoms with Crippen molar-refractivity contribution in [3.8, 4) is 17.0 Å². The van der Waals surface area contributed by atoms with Gasteiger partial charge in [-0.3, -0.25) is 4.79 Å². The van der Waals surface area contributed by atoms with Gasteiger partial charge in [-0.15, -0.1) is 11.3 Å². The lowest BCUT2D eigenvalue weighted by atomic mass is 10.1. The second-order valence-electron chi connectivity index (χ2n) is 6.16. The number of halogens is 1. The minimum absolute atomic E-state index is 0.228. The van der Waals surface area contributed by atoms with Gasteiger partial charge < -0.3 is 4.74 Å². The molecule has 1 aliphatic heterocycles. The number of aromatic nitrogens is 1. The van der Waals surface area contributed by atoms with Crippen LogP contribution >= 0.6 is 11.3 Å². The summed E-state index contributed by atoms with van der Waals surface area (Å²) in [6.45, 7) is 1.79. The molecular weight excluding hydrogens is 377 g/mol. The number of anilines is 1. The molecule has 2 heterocycles. The fraction of sp³-hybridized carbons (Fsp3) is 0.0952. The van der Waals surface area contributed by atoms with Gasteiger partial charge in [-0.1, -0.05) is 12.1 Å². The minimum Gasteiger partial charge on any atom is -0.497 e. The zero-order chi connectivity index (χ0) is 19.7. The van der Waals surface area contributed by atoms with E-state index in [9.17, 15) is 9.18 Å². The van der Waals surface area contributed by atoms with Gasteiger partial charge in [0.25, 0.3) is 5.91 Å². The van der Waals surface area contributed by atoms with Gasteiger partial charge in [0.2, 0.25) is 5.13 Å². The largest absolute Gasteiger partial charge is 0.497 e. The van der Waals surface area contributed by atoms with Crippen LogP contribution in [0, 0.1) is 5.82 Å². The van der Waals surface area contributed by atoms with Crippen molar-refractivity contribution in [2.45, 2.75) is 6.92 Å². The molecule has 1 aliphatic rings. The first kappa shape index (κ1) is 18.1. The molecule has 0 saturated carbocycles. The van der Waals surface area contributed by atoms with Crippen LogP contribution in [-0.2, 0) is 4.79 Å². The van der Waals surface area contributed by atoms with Crippen LogP contribution < -0.4 is 9.75 Å². The first-order valence-electron chi connectivity index (χ1n) is 8.52. The summed E-state index contributed by atoms with van der Waals surface area (Å²) in [5, 5.41) is 7.97. The molecule has 0 aliphatic carbocycles. The van der Waals surface area contributed by atoms with Crippen LogP contribution in [-0.4, -0.2) is 23.7 Å². The maximum atomic E-state index is 13.1. The van der Waals surface area contributed by atoms with E-state index in [0.29, 0.717) is 22.1 Å². The molecule has 0 radical (unpaired) electrons. The Balaban J connectivity index is 1.59. The topological polar surface area (TPSA) is 54.8 Å². The van der Waals surface area contributed by atoms with Crippen LogP contribution in [0.2, 0.25) is 0 Å². The molecule has 0 N–H and O–H groups in total. The summed E-state index contributed by atoms with van der Waals surface area (Å²) in [6, 6.07) is 13.5. The number of nitrogens with zero attached hydrogens (tertiary/aromatic N) is 3. The van der Waals surface area contributed by atoms with E-state index >= 15 is 0 Å². The summed E-state index contributed by atoms with van der Waals surface area (Å²) in [7, 11) is 1.61. The van der Waals surface area contributed by atoms with Gasteiger partial charge >= 0.3 is 0 Å². The van der Waals surface area contributed by atoms with E-state index in [1.165, 1.54) is 28.5 Å². The van der Waals surface area contributed by atoms with Crippen molar-refractivity contribution in [3.63, 3.8) is 0 Å². The number of hydrogen-bond acceptors (Lipinski definition) is 5. The second-order valence-corrected chi connectivity index (χ2v) is 6.99. The Bertz CT molecular complexity index is 1090. The summed E-state index contributed by atoms with van der Waals surface area (Å²) >= 11 is 1.31. The Morgan fingerprint density at radius 2 is 1.82 bits per heavy atom. The van der Waals surface area contributed by atoms with Crippen molar-refractivity contribution in [2.75, 3.05) is 12.1 Å². The van der Waals surface area contributed by atoms with Gasteiger partial charge in [0.1, 0.15) is 11.6 Å². The van der Waals surface area contributed by atoms with E-state index in [4.69, 9.17) is 4.74 Å². The summed E-state index contributed by atoms with van der Waals surface area (Å²) in [5.41, 5.74) is 3.48. The maximum absolute atomic E-state index is 13.1. The van der Waals surface area contributed by atoms with Crippen molar-refractivity contribution >= 4 is 34.2 Å². The first-order valence-corrected chi connectivity index (χ1v) is 9.40. The molecule has 4 rings (SSSR count). The van der Waals surface area contributed by atoms with Crippen molar-refractivity contribution < 1.29 is 13.9 Å². The number of amides is 1. The van der Waals surface area contributed by atoms with Crippen LogP contribution in [0.4, 0.5) is 9.52 Å². The second kappa shape index (κ2) is 7.36. The minimum atomic E-state index is -0.303. The Morgan fingerprint density at radius 1 is 1.11 bits per heavy atom. The van der Waals surface area contributed by atoms with E-state index in [1.54, 1.807) is 32.2 Å². The van der Waals surface area contributed by atoms with Crippen molar-refractivity contribution in [3.05, 3.63) is 70.9 Å². The number of hydrazone groups is 1. The van der Waals surface area contributed by atoms with Gasteiger partial charge in [0.15, 0.2) is 0 Å². The van der Waals surface area contributed by atoms with Crippen LogP contribution in [0.5, 0.6) is 5.75 Å². The standard InChI is InChI=1S/C21H16FN3O2S/c1-13-18(11-14-3-9-17(27-2)10-4-14)20(26)25(24-13)21-23-19(12-28-21)15-5-7-16(22)8-6-15/h3-12H,1-2H3. The lowest BCUT2D eigenvalue weighted by Gasteiger charge is -2.07. The quantitative estimate of drug-likeness (QED) is 0.601. The van der Waals surface area contributed by atoms with Gasteiger partial charge in [0.05, 0.1) is 24.1 Å². The van der Waals surface area contributed by atoms with E-state index in [1.807, 2.05) is 29.6 Å². The molecule has 7 heteroatoms. The van der Waals surface area contributed by atoms with Crippen LogP contribution in [0.1, 0.15) is 12.5 Å². The molecule has 1 amide bonds. The normalized spacial score (nSPS) is 15.2. The third kappa shape index (κ3) is 3.44. The highest BCUT2D eigenvalue weighted by molar-refractivity contribution is 7.14. The summed E-state index contributed by atoms with van der Waals surface area (Å²) in [4.78, 5) is 17.4. The van der Waals surface area contributed by atoms with Crippen LogP contribution in [0.15, 0.2) is 64.6 Å². The molecule has 1 aromatic heterocycles. The molecule has 0 atom stereocenters. The van der Waals surface area contributed by atoms with E-state index in [-0.39, 0.29) is 11.7 Å². The number of rotatable bonds is 4. The number of hydrogen-bond donors (Lipinski definition) is 0. The fourth-order valence-corrected chi connectivity index (χ4v) is 3.58. The molecule has 5 nitrogen and oxygen atoms in total. The third-order valence-electron chi connectivity index (χ3n) is 4.30. The summed E-state index contributed by atoms with van der Waals surface area (Å²) in [6.07, 6.45) is 1.80. The molecule has 0 fully saturated rings. The molecule has 0 spiro atoms. The van der Waals surface area contributed by atoms with Crippen molar-refractivity contribution in [2.24, 2.45) is 5.10 Å². The highest BCUT2D eigenvalue weighted by Gasteiger charge is 2.30. The number of ether oxygens (including phenoxy) is 1. The molecule has 2 aromatic carbocycles. The summed E-state index contributed by atoms with van der Waals surface area (Å²) < 4.78 is 18.3. The van der Waals surface area contributed by atoms with Crippen molar-refractivity contribution in [1.82, 2.24) is 4.98 Å². The Morgan fingerprint density at radius 3 is 2.50 bits per heavy atom. The third-order valence-corrected chi connectivity index (χ3v) is 5.12. The molecular formula is C21H16FN3O2S. The predicted molar refractivity (Wildman–Crippen MR) is 109 cm³/mol. The average Bonchev–Trinajstić information content (AvgIpc) is 3.30. The zero-order valence-corrected chi connectivity index (χ0v) is 16.0. The number of methoxy groups -OCH3 is 1. The Hall–Kier alpha value is -3.32.